The Hall–Kier alpha value is -3.16. The average Bonchev–Trinajstić information content (AvgIpc) is 2.79. The van der Waals surface area contributed by atoms with E-state index in [0.29, 0.717) is 24.9 Å². The van der Waals surface area contributed by atoms with Crippen molar-refractivity contribution in [2.45, 2.75) is 64.8 Å². The Bertz CT molecular complexity index is 978. The van der Waals surface area contributed by atoms with Gasteiger partial charge in [0.15, 0.2) is 0 Å². The maximum atomic E-state index is 12.5. The molecule has 2 rings (SSSR count). The fourth-order valence-electron chi connectivity index (χ4n) is 3.91. The Morgan fingerprint density at radius 2 is 1.89 bits per heavy atom. The summed E-state index contributed by atoms with van der Waals surface area (Å²) in [6, 6.07) is 4.99. The molecule has 35 heavy (non-hydrogen) atoms. The Labute approximate surface area is 207 Å². The quantitative estimate of drug-likeness (QED) is 0.419. The van der Waals surface area contributed by atoms with Gasteiger partial charge in [-0.15, -0.1) is 0 Å². The van der Waals surface area contributed by atoms with Gasteiger partial charge in [0.25, 0.3) is 0 Å². The van der Waals surface area contributed by atoms with Crippen molar-refractivity contribution in [1.82, 2.24) is 0 Å². The minimum atomic E-state index is -0.773. The predicted octanol–water partition coefficient (Wildman–Crippen LogP) is 4.62. The number of allylic oxidation sites excluding steroid dienone is 5. The van der Waals surface area contributed by atoms with Gasteiger partial charge < -0.3 is 25.0 Å². The second-order valence-electron chi connectivity index (χ2n) is 8.79. The van der Waals surface area contributed by atoms with Crippen LogP contribution >= 0.6 is 0 Å². The number of hydrogen-bond acceptors (Lipinski definition) is 6. The van der Waals surface area contributed by atoms with Crippen molar-refractivity contribution < 1.29 is 29.3 Å². The van der Waals surface area contributed by atoms with E-state index in [-0.39, 0.29) is 30.0 Å². The summed E-state index contributed by atoms with van der Waals surface area (Å²) in [6.07, 6.45) is 13.1. The van der Waals surface area contributed by atoms with E-state index < -0.39 is 18.3 Å². The highest BCUT2D eigenvalue weighted by molar-refractivity contribution is 5.91. The molecule has 1 aliphatic rings. The number of nitrogens with one attached hydrogen (secondary N) is 1. The minimum Gasteiger partial charge on any atom is -0.508 e. The van der Waals surface area contributed by atoms with E-state index in [4.69, 9.17) is 9.47 Å². The molecule has 0 saturated heterocycles. The number of methoxy groups -OCH3 is 1. The highest BCUT2D eigenvalue weighted by Crippen LogP contribution is 2.24. The SMILES string of the molecule is CO[C@H]1\C=C/C=C\C=C/C[C@H](OC(C)=O)[C@H](C)[C@@H](O)/C(C)=C\CCc2cc(O)cc(c2)NC(=O)C1. The number of rotatable bonds is 2. The second kappa shape index (κ2) is 14.3. The number of aliphatic hydroxyl groups is 1. The van der Waals surface area contributed by atoms with Crippen molar-refractivity contribution in [3.05, 3.63) is 71.9 Å². The number of carbonyl (C=O) groups excluding carboxylic acids is 2. The molecule has 1 heterocycles. The molecule has 1 amide bonds. The molecular weight excluding hydrogens is 446 g/mol. The summed E-state index contributed by atoms with van der Waals surface area (Å²) in [5.74, 6) is -0.850. The summed E-state index contributed by atoms with van der Waals surface area (Å²) in [7, 11) is 1.54. The molecule has 1 aromatic carbocycles. The third-order valence-electron chi connectivity index (χ3n) is 5.88. The number of aliphatic hydroxyl groups excluding tert-OH is 1. The lowest BCUT2D eigenvalue weighted by Crippen LogP contribution is -2.33. The van der Waals surface area contributed by atoms with Crippen molar-refractivity contribution >= 4 is 17.6 Å². The lowest BCUT2D eigenvalue weighted by molar-refractivity contribution is -0.150. The lowest BCUT2D eigenvalue weighted by atomic mass is 9.90. The first-order valence-corrected chi connectivity index (χ1v) is 11.9. The summed E-state index contributed by atoms with van der Waals surface area (Å²) in [4.78, 5) is 24.1. The molecule has 7 heteroatoms. The summed E-state index contributed by atoms with van der Waals surface area (Å²) >= 11 is 0. The largest absolute Gasteiger partial charge is 0.508 e. The molecule has 0 radical (unpaired) electrons. The first-order chi connectivity index (χ1) is 16.7. The fraction of sp³-hybridized carbons (Fsp3) is 0.429. The Balaban J connectivity index is 2.31. The molecule has 0 spiro atoms. The monoisotopic (exact) mass is 483 g/mol. The number of carbonyl (C=O) groups is 2. The number of phenolic OH excluding ortho intramolecular Hbond substituents is 1. The number of amides is 1. The van der Waals surface area contributed by atoms with Crippen molar-refractivity contribution in [1.29, 1.82) is 0 Å². The molecule has 0 fully saturated rings. The predicted molar refractivity (Wildman–Crippen MR) is 137 cm³/mol. The highest BCUT2D eigenvalue weighted by Gasteiger charge is 2.27. The molecule has 0 aromatic heterocycles. The van der Waals surface area contributed by atoms with Crippen LogP contribution in [0, 0.1) is 5.92 Å². The van der Waals surface area contributed by atoms with Gasteiger partial charge in [-0.05, 0) is 43.0 Å². The summed E-state index contributed by atoms with van der Waals surface area (Å²) < 4.78 is 10.9. The lowest BCUT2D eigenvalue weighted by Gasteiger charge is -2.27. The number of fused-ring (bicyclic) bond motifs is 2. The van der Waals surface area contributed by atoms with Gasteiger partial charge in [0.2, 0.25) is 5.91 Å². The number of phenols is 1. The van der Waals surface area contributed by atoms with Crippen molar-refractivity contribution in [3.8, 4) is 5.75 Å². The maximum Gasteiger partial charge on any atom is 0.302 e. The number of esters is 1. The van der Waals surface area contributed by atoms with Crippen LogP contribution in [0.2, 0.25) is 0 Å². The van der Waals surface area contributed by atoms with Crippen LogP contribution in [-0.4, -0.2) is 47.5 Å². The first-order valence-electron chi connectivity index (χ1n) is 11.9. The van der Waals surface area contributed by atoms with Gasteiger partial charge in [0.1, 0.15) is 11.9 Å². The molecule has 4 atom stereocenters. The number of anilines is 1. The number of aromatic hydroxyl groups is 1. The Kier molecular flexibility index (Phi) is 11.5. The third-order valence-corrected chi connectivity index (χ3v) is 5.88. The van der Waals surface area contributed by atoms with Crippen LogP contribution in [0.1, 0.15) is 45.6 Å². The molecule has 0 saturated carbocycles. The van der Waals surface area contributed by atoms with Crippen LogP contribution in [-0.2, 0) is 25.5 Å². The molecule has 2 bridgehead atoms. The van der Waals surface area contributed by atoms with Gasteiger partial charge >= 0.3 is 5.97 Å². The minimum absolute atomic E-state index is 0.0654. The zero-order valence-electron chi connectivity index (χ0n) is 20.9. The number of hydrogen-bond donors (Lipinski definition) is 3. The Morgan fingerprint density at radius 1 is 1.14 bits per heavy atom. The Morgan fingerprint density at radius 3 is 2.60 bits per heavy atom. The van der Waals surface area contributed by atoms with E-state index in [1.807, 2.05) is 50.3 Å². The van der Waals surface area contributed by atoms with Crippen LogP contribution in [0.3, 0.4) is 0 Å². The van der Waals surface area contributed by atoms with Gasteiger partial charge in [0.05, 0.1) is 18.6 Å². The summed E-state index contributed by atoms with van der Waals surface area (Å²) in [5, 5.41) is 23.8. The molecule has 0 unspecified atom stereocenters. The van der Waals surface area contributed by atoms with E-state index in [1.54, 1.807) is 25.3 Å². The van der Waals surface area contributed by atoms with Gasteiger partial charge in [-0.2, -0.15) is 0 Å². The van der Waals surface area contributed by atoms with Gasteiger partial charge in [-0.3, -0.25) is 9.59 Å². The van der Waals surface area contributed by atoms with Crippen LogP contribution < -0.4 is 5.32 Å². The van der Waals surface area contributed by atoms with Crippen LogP contribution in [0.5, 0.6) is 5.75 Å². The van der Waals surface area contributed by atoms with Crippen molar-refractivity contribution in [2.75, 3.05) is 12.4 Å². The standard InChI is InChI=1S/C28H37NO6/c1-19-11-10-12-22-15-23(17-24(31)16-22)29-27(32)18-25(34-4)13-8-6-5-7-9-14-26(35-21(3)30)20(2)28(19)33/h5-9,11,13,15-17,20,25-26,28,31,33H,10,12,14,18H2,1-4H3,(H,29,32)/b6-5-,9-7-,13-8-,19-11-/t20-,25-,26-,28-/m0/s1. The summed E-state index contributed by atoms with van der Waals surface area (Å²) in [5.41, 5.74) is 2.15. The first kappa shape index (κ1) is 28.1. The molecule has 3 N–H and O–H groups in total. The van der Waals surface area contributed by atoms with Crippen molar-refractivity contribution in [2.24, 2.45) is 5.92 Å². The maximum absolute atomic E-state index is 12.5. The molecule has 7 nitrogen and oxygen atoms in total. The smallest absolute Gasteiger partial charge is 0.302 e. The average molecular weight is 484 g/mol. The fourth-order valence-corrected chi connectivity index (χ4v) is 3.91. The van der Waals surface area contributed by atoms with Crippen LogP contribution in [0.4, 0.5) is 5.69 Å². The topological polar surface area (TPSA) is 105 Å². The number of ether oxygens (including phenoxy) is 2. The number of benzene rings is 1. The van der Waals surface area contributed by atoms with E-state index >= 15 is 0 Å². The molecule has 0 aliphatic carbocycles. The van der Waals surface area contributed by atoms with Crippen molar-refractivity contribution in [3.63, 3.8) is 0 Å². The normalized spacial score (nSPS) is 28.9. The molecule has 190 valence electrons. The summed E-state index contributed by atoms with van der Waals surface area (Å²) in [6.45, 7) is 5.09. The van der Waals surface area contributed by atoms with Gasteiger partial charge in [-0.1, -0.05) is 49.5 Å². The number of aryl methyl sites for hydroxylation is 1. The molecule has 1 aliphatic heterocycles. The third kappa shape index (κ3) is 9.92. The molecule has 1 aromatic rings. The van der Waals surface area contributed by atoms with Gasteiger partial charge in [0, 0.05) is 38.1 Å². The molecular formula is C28H37NO6. The van der Waals surface area contributed by atoms with E-state index in [1.165, 1.54) is 13.0 Å². The van der Waals surface area contributed by atoms with E-state index in [9.17, 15) is 19.8 Å². The van der Waals surface area contributed by atoms with E-state index in [0.717, 1.165) is 11.1 Å². The van der Waals surface area contributed by atoms with Crippen LogP contribution in [0.25, 0.3) is 0 Å². The van der Waals surface area contributed by atoms with E-state index in [2.05, 4.69) is 5.32 Å². The van der Waals surface area contributed by atoms with Crippen LogP contribution in [0.15, 0.2) is 66.3 Å². The highest BCUT2D eigenvalue weighted by atomic mass is 16.5. The zero-order chi connectivity index (χ0) is 25.8. The zero-order valence-corrected chi connectivity index (χ0v) is 20.9. The second-order valence-corrected chi connectivity index (χ2v) is 8.79. The van der Waals surface area contributed by atoms with Gasteiger partial charge in [-0.25, -0.2) is 0 Å².